The van der Waals surface area contributed by atoms with Gasteiger partial charge in [0.25, 0.3) is 0 Å². The smallest absolute Gasteiger partial charge is 0.307 e. The molecule has 0 radical (unpaired) electrons. The highest BCUT2D eigenvalue weighted by molar-refractivity contribution is 6.01. The van der Waals surface area contributed by atoms with Crippen LogP contribution in [0.4, 0.5) is 0 Å². The molecule has 0 aliphatic heterocycles. The summed E-state index contributed by atoms with van der Waals surface area (Å²) in [5.74, 6) is -2.16. The van der Waals surface area contributed by atoms with Gasteiger partial charge in [-0.1, -0.05) is 12.8 Å². The summed E-state index contributed by atoms with van der Waals surface area (Å²) in [6.45, 7) is 1.71. The molecule has 0 heterocycles. The van der Waals surface area contributed by atoms with Crippen LogP contribution in [0.3, 0.4) is 0 Å². The molecule has 22 heavy (non-hydrogen) atoms. The molecule has 1 rings (SSSR count). The number of benzene rings is 1. The van der Waals surface area contributed by atoms with E-state index in [1.807, 2.05) is 0 Å². The molecule has 1 aromatic carbocycles. The molecular weight excluding hydrogens is 288 g/mol. The number of hydrogen-bond acceptors (Lipinski definition) is 5. The summed E-state index contributed by atoms with van der Waals surface area (Å²) in [5.41, 5.74) is 0.0784. The first-order valence-electron chi connectivity index (χ1n) is 7.29. The maximum atomic E-state index is 12.2. The standard InChI is InChI=1S/C16H22O6/c1-10(17)5-3-2-4-6-13(19)16-11(8-15(21)22)7-12(18)9-14(16)20/h7,9-10,17-18,20H,2-6,8H2,1H3,(H,21,22)/t10-/m0/s1. The SMILES string of the molecule is C[C@H](O)CCCCCC(=O)c1c(O)cc(O)cc1CC(=O)O. The Balaban J connectivity index is 2.73. The number of carboxylic acids is 1. The van der Waals surface area contributed by atoms with E-state index in [1.165, 1.54) is 6.07 Å². The van der Waals surface area contributed by atoms with E-state index in [9.17, 15) is 19.8 Å². The van der Waals surface area contributed by atoms with E-state index in [-0.39, 0.29) is 35.2 Å². The number of Topliss-reactive ketones (excluding diaryl/α,β-unsaturated/α-hetero) is 1. The summed E-state index contributed by atoms with van der Waals surface area (Å²) >= 11 is 0. The summed E-state index contributed by atoms with van der Waals surface area (Å²) in [7, 11) is 0. The van der Waals surface area contributed by atoms with Gasteiger partial charge in [-0.15, -0.1) is 0 Å². The van der Waals surface area contributed by atoms with Crippen LogP contribution >= 0.6 is 0 Å². The van der Waals surface area contributed by atoms with Gasteiger partial charge in [0, 0.05) is 12.5 Å². The molecule has 0 amide bonds. The van der Waals surface area contributed by atoms with Crippen molar-refractivity contribution in [1.82, 2.24) is 0 Å². The van der Waals surface area contributed by atoms with Crippen LogP contribution < -0.4 is 0 Å². The van der Waals surface area contributed by atoms with Crippen LogP contribution in [0.25, 0.3) is 0 Å². The number of rotatable bonds is 9. The number of unbranched alkanes of at least 4 members (excludes halogenated alkanes) is 2. The average molecular weight is 310 g/mol. The van der Waals surface area contributed by atoms with Gasteiger partial charge < -0.3 is 20.4 Å². The number of hydrogen-bond donors (Lipinski definition) is 4. The summed E-state index contributed by atoms with van der Waals surface area (Å²) in [6, 6.07) is 2.22. The van der Waals surface area contributed by atoms with Gasteiger partial charge in [-0.2, -0.15) is 0 Å². The fourth-order valence-electron chi connectivity index (χ4n) is 2.32. The molecule has 1 atom stereocenters. The van der Waals surface area contributed by atoms with Crippen LogP contribution in [-0.2, 0) is 11.2 Å². The third-order valence-corrected chi connectivity index (χ3v) is 3.33. The quantitative estimate of drug-likeness (QED) is 0.411. The van der Waals surface area contributed by atoms with Gasteiger partial charge >= 0.3 is 5.97 Å². The van der Waals surface area contributed by atoms with Crippen molar-refractivity contribution in [3.05, 3.63) is 23.3 Å². The van der Waals surface area contributed by atoms with Gasteiger partial charge in [0.15, 0.2) is 5.78 Å². The van der Waals surface area contributed by atoms with Crippen LogP contribution in [-0.4, -0.2) is 38.3 Å². The Morgan fingerprint density at radius 2 is 1.82 bits per heavy atom. The number of aromatic hydroxyl groups is 2. The summed E-state index contributed by atoms with van der Waals surface area (Å²) in [4.78, 5) is 23.0. The molecule has 0 fully saturated rings. The highest BCUT2D eigenvalue weighted by Gasteiger charge is 2.19. The Labute approximate surface area is 129 Å². The first-order chi connectivity index (χ1) is 10.3. The molecule has 0 bridgehead atoms. The number of carbonyl (C=O) groups excluding carboxylic acids is 1. The van der Waals surface area contributed by atoms with E-state index in [2.05, 4.69) is 0 Å². The van der Waals surface area contributed by atoms with Gasteiger partial charge in [0.05, 0.1) is 18.1 Å². The lowest BCUT2D eigenvalue weighted by Gasteiger charge is -2.10. The Morgan fingerprint density at radius 1 is 1.14 bits per heavy atom. The van der Waals surface area contributed by atoms with Crippen LogP contribution in [0, 0.1) is 0 Å². The molecule has 0 saturated carbocycles. The second kappa shape index (κ2) is 8.38. The van der Waals surface area contributed by atoms with Crippen LogP contribution in [0.1, 0.15) is 54.9 Å². The van der Waals surface area contributed by atoms with Gasteiger partial charge in [0.2, 0.25) is 0 Å². The number of aliphatic hydroxyl groups is 1. The first-order valence-corrected chi connectivity index (χ1v) is 7.29. The number of aliphatic carboxylic acids is 1. The largest absolute Gasteiger partial charge is 0.508 e. The molecule has 6 nitrogen and oxygen atoms in total. The lowest BCUT2D eigenvalue weighted by atomic mass is 9.96. The monoisotopic (exact) mass is 310 g/mol. The maximum Gasteiger partial charge on any atom is 0.307 e. The molecular formula is C16H22O6. The lowest BCUT2D eigenvalue weighted by Crippen LogP contribution is -2.09. The predicted octanol–water partition coefficient (Wildman–Crippen LogP) is 2.24. The minimum atomic E-state index is -1.14. The fraction of sp³-hybridized carbons (Fsp3) is 0.500. The molecule has 122 valence electrons. The molecule has 1 aromatic rings. The topological polar surface area (TPSA) is 115 Å². The van der Waals surface area contributed by atoms with Crippen molar-refractivity contribution in [3.63, 3.8) is 0 Å². The van der Waals surface area contributed by atoms with Crippen molar-refractivity contribution >= 4 is 11.8 Å². The van der Waals surface area contributed by atoms with Gasteiger partial charge in [-0.3, -0.25) is 9.59 Å². The van der Waals surface area contributed by atoms with Crippen molar-refractivity contribution in [1.29, 1.82) is 0 Å². The second-order valence-corrected chi connectivity index (χ2v) is 5.44. The Morgan fingerprint density at radius 3 is 2.41 bits per heavy atom. The van der Waals surface area contributed by atoms with Gasteiger partial charge in [-0.25, -0.2) is 0 Å². The molecule has 0 unspecified atom stereocenters. The highest BCUT2D eigenvalue weighted by Crippen LogP contribution is 2.29. The zero-order chi connectivity index (χ0) is 16.7. The van der Waals surface area contributed by atoms with Gasteiger partial charge in [-0.05, 0) is 31.4 Å². The summed E-state index contributed by atoms with van der Waals surface area (Å²) < 4.78 is 0. The highest BCUT2D eigenvalue weighted by atomic mass is 16.4. The number of phenolic OH excluding ortho intramolecular Hbond substituents is 2. The van der Waals surface area contributed by atoms with E-state index in [1.54, 1.807) is 6.92 Å². The molecule has 0 aliphatic carbocycles. The van der Waals surface area contributed by atoms with E-state index in [4.69, 9.17) is 10.2 Å². The average Bonchev–Trinajstić information content (AvgIpc) is 2.36. The zero-order valence-electron chi connectivity index (χ0n) is 12.6. The third kappa shape index (κ3) is 5.73. The van der Waals surface area contributed by atoms with E-state index >= 15 is 0 Å². The zero-order valence-corrected chi connectivity index (χ0v) is 12.6. The molecule has 6 heteroatoms. The number of carbonyl (C=O) groups is 2. The minimum absolute atomic E-state index is 0.0317. The maximum absolute atomic E-state index is 12.2. The fourth-order valence-corrected chi connectivity index (χ4v) is 2.32. The number of aliphatic hydroxyl groups excluding tert-OH is 1. The number of phenols is 2. The Hall–Kier alpha value is -2.08. The molecule has 0 spiro atoms. The summed E-state index contributed by atoms with van der Waals surface area (Å²) in [5, 5.41) is 37.2. The lowest BCUT2D eigenvalue weighted by molar-refractivity contribution is -0.136. The molecule has 4 N–H and O–H groups in total. The predicted molar refractivity (Wildman–Crippen MR) is 80.2 cm³/mol. The van der Waals surface area contributed by atoms with Crippen molar-refractivity contribution in [2.75, 3.05) is 0 Å². The number of carboxylic acid groups (broad SMARTS) is 1. The van der Waals surface area contributed by atoms with E-state index in [0.717, 1.165) is 18.9 Å². The van der Waals surface area contributed by atoms with E-state index < -0.39 is 18.1 Å². The molecule has 0 saturated heterocycles. The first kappa shape index (κ1) is 18.0. The van der Waals surface area contributed by atoms with Crippen molar-refractivity contribution in [2.45, 2.75) is 51.6 Å². The van der Waals surface area contributed by atoms with Crippen molar-refractivity contribution in [2.24, 2.45) is 0 Å². The van der Waals surface area contributed by atoms with Gasteiger partial charge in [0.1, 0.15) is 11.5 Å². The Bertz CT molecular complexity index is 536. The second-order valence-electron chi connectivity index (χ2n) is 5.44. The van der Waals surface area contributed by atoms with Crippen LogP contribution in [0.5, 0.6) is 11.5 Å². The van der Waals surface area contributed by atoms with Crippen LogP contribution in [0.15, 0.2) is 12.1 Å². The van der Waals surface area contributed by atoms with Crippen LogP contribution in [0.2, 0.25) is 0 Å². The minimum Gasteiger partial charge on any atom is -0.508 e. The Kier molecular flexibility index (Phi) is 6.85. The summed E-state index contributed by atoms with van der Waals surface area (Å²) in [6.07, 6.45) is 2.22. The normalized spacial score (nSPS) is 12.1. The number of ketones is 1. The third-order valence-electron chi connectivity index (χ3n) is 3.33. The van der Waals surface area contributed by atoms with E-state index in [0.29, 0.717) is 12.8 Å². The van der Waals surface area contributed by atoms with Crippen molar-refractivity contribution < 1.29 is 30.0 Å². The molecule has 0 aliphatic rings. The molecule has 0 aromatic heterocycles. The van der Waals surface area contributed by atoms with Crippen molar-refractivity contribution in [3.8, 4) is 11.5 Å².